The molecule has 34 heavy (non-hydrogen) atoms. The van der Waals surface area contributed by atoms with Gasteiger partial charge in [0, 0.05) is 37.8 Å². The molecular weight excluding hydrogens is 468 g/mol. The molecule has 0 spiro atoms. The van der Waals surface area contributed by atoms with Crippen LogP contribution in [-0.2, 0) is 9.59 Å². The molecule has 3 fully saturated rings. The Kier molecular flexibility index (Phi) is 9.52. The summed E-state index contributed by atoms with van der Waals surface area (Å²) in [5, 5.41) is 9.35. The minimum Gasteiger partial charge on any atom is -0.361 e. The molecule has 1 saturated carbocycles. The number of anilines is 1. The standard InChI is InChI=1S/C24H38N6O2S2/c31-21-18-29(24(33)26-9-13-28-11-5-2-6-12-28)14-15-30(21)20(17-19-7-3-1-4-8-19)22(32)27-23-25-10-16-34-23/h10,16,19-20H,1-9,11-15,17-18H2,(H,26,33)(H,25,27,32)/t20-/m0/s1. The zero-order valence-corrected chi connectivity index (χ0v) is 21.7. The molecule has 3 heterocycles. The highest BCUT2D eigenvalue weighted by Crippen LogP contribution is 2.30. The number of carbonyl (C=O) groups is 2. The van der Waals surface area contributed by atoms with E-state index in [0.29, 0.717) is 29.3 Å². The van der Waals surface area contributed by atoms with Gasteiger partial charge in [0.15, 0.2) is 10.2 Å². The fourth-order valence-corrected chi connectivity index (χ4v) is 6.18. The maximum absolute atomic E-state index is 13.2. The van der Waals surface area contributed by atoms with Gasteiger partial charge in [0.25, 0.3) is 0 Å². The van der Waals surface area contributed by atoms with Crippen molar-refractivity contribution >= 4 is 45.6 Å². The molecule has 2 amide bonds. The zero-order chi connectivity index (χ0) is 23.8. The van der Waals surface area contributed by atoms with Crippen molar-refractivity contribution in [2.75, 3.05) is 51.1 Å². The van der Waals surface area contributed by atoms with E-state index in [1.165, 1.54) is 49.9 Å². The average molecular weight is 507 g/mol. The molecule has 0 aromatic carbocycles. The molecule has 2 N–H and O–H groups in total. The summed E-state index contributed by atoms with van der Waals surface area (Å²) in [5.41, 5.74) is 0. The Balaban J connectivity index is 1.31. The van der Waals surface area contributed by atoms with E-state index in [9.17, 15) is 9.59 Å². The largest absolute Gasteiger partial charge is 0.361 e. The van der Waals surface area contributed by atoms with Crippen LogP contribution >= 0.6 is 23.6 Å². The van der Waals surface area contributed by atoms with Gasteiger partial charge in [-0.25, -0.2) is 4.98 Å². The monoisotopic (exact) mass is 506 g/mol. The Labute approximate surface area is 212 Å². The number of hydrogen-bond acceptors (Lipinski definition) is 6. The fraction of sp³-hybridized carbons (Fsp3) is 0.750. The van der Waals surface area contributed by atoms with Crippen LogP contribution in [0.25, 0.3) is 0 Å². The van der Waals surface area contributed by atoms with E-state index < -0.39 is 6.04 Å². The summed E-state index contributed by atoms with van der Waals surface area (Å²) in [6.45, 7) is 5.49. The zero-order valence-electron chi connectivity index (χ0n) is 20.0. The van der Waals surface area contributed by atoms with E-state index in [0.717, 1.165) is 45.4 Å². The van der Waals surface area contributed by atoms with Gasteiger partial charge in [-0.3, -0.25) is 9.59 Å². The molecule has 1 atom stereocenters. The molecule has 1 aromatic rings. The van der Waals surface area contributed by atoms with Gasteiger partial charge >= 0.3 is 0 Å². The maximum Gasteiger partial charge on any atom is 0.248 e. The van der Waals surface area contributed by atoms with E-state index in [1.54, 1.807) is 11.1 Å². The van der Waals surface area contributed by atoms with Gasteiger partial charge < -0.3 is 25.3 Å². The number of nitrogens with one attached hydrogen (secondary N) is 2. The smallest absolute Gasteiger partial charge is 0.248 e. The number of piperidine rings is 1. The van der Waals surface area contributed by atoms with Crippen LogP contribution in [0.2, 0.25) is 0 Å². The van der Waals surface area contributed by atoms with Crippen LogP contribution in [0.3, 0.4) is 0 Å². The van der Waals surface area contributed by atoms with Crippen molar-refractivity contribution in [1.29, 1.82) is 0 Å². The Morgan fingerprint density at radius 2 is 1.88 bits per heavy atom. The third kappa shape index (κ3) is 7.11. The van der Waals surface area contributed by atoms with Crippen LogP contribution in [0.5, 0.6) is 0 Å². The molecule has 0 bridgehead atoms. The van der Waals surface area contributed by atoms with Crippen LogP contribution < -0.4 is 10.6 Å². The summed E-state index contributed by atoms with van der Waals surface area (Å²) in [7, 11) is 0. The molecule has 2 aliphatic heterocycles. The number of thiocarbonyl (C=S) groups is 1. The first-order valence-corrected chi connectivity index (χ1v) is 14.1. The maximum atomic E-state index is 13.2. The van der Waals surface area contributed by atoms with Crippen molar-refractivity contribution in [3.63, 3.8) is 0 Å². The molecule has 8 nitrogen and oxygen atoms in total. The number of aromatic nitrogens is 1. The number of carbonyl (C=O) groups excluding carboxylic acids is 2. The van der Waals surface area contributed by atoms with Crippen molar-refractivity contribution in [3.05, 3.63) is 11.6 Å². The normalized spacial score (nSPS) is 21.4. The van der Waals surface area contributed by atoms with Gasteiger partial charge in [-0.2, -0.15) is 0 Å². The molecule has 10 heteroatoms. The Morgan fingerprint density at radius 1 is 1.12 bits per heavy atom. The molecule has 2 saturated heterocycles. The minimum atomic E-state index is -0.456. The highest BCUT2D eigenvalue weighted by atomic mass is 32.1. The highest BCUT2D eigenvalue weighted by molar-refractivity contribution is 7.80. The van der Waals surface area contributed by atoms with Gasteiger partial charge in [0.05, 0.1) is 6.54 Å². The number of piperazine rings is 1. The number of thiazole rings is 1. The minimum absolute atomic E-state index is 0.0264. The highest BCUT2D eigenvalue weighted by Gasteiger charge is 2.36. The first kappa shape index (κ1) is 25.3. The Morgan fingerprint density at radius 3 is 2.59 bits per heavy atom. The van der Waals surface area contributed by atoms with Crippen LogP contribution in [-0.4, -0.2) is 88.5 Å². The fourth-order valence-electron chi connectivity index (χ4n) is 5.39. The molecule has 0 radical (unpaired) electrons. The molecular formula is C24H38N6O2S2. The van der Waals surface area contributed by atoms with Crippen molar-refractivity contribution in [3.8, 4) is 0 Å². The Hall–Kier alpha value is -1.78. The second-order valence-electron chi connectivity index (χ2n) is 9.72. The lowest BCUT2D eigenvalue weighted by atomic mass is 9.84. The van der Waals surface area contributed by atoms with Crippen molar-refractivity contribution in [2.24, 2.45) is 5.92 Å². The summed E-state index contributed by atoms with van der Waals surface area (Å²) in [4.78, 5) is 36.8. The van der Waals surface area contributed by atoms with Crippen LogP contribution in [0, 0.1) is 5.92 Å². The van der Waals surface area contributed by atoms with Gasteiger partial charge in [-0.1, -0.05) is 38.5 Å². The topological polar surface area (TPSA) is 80.8 Å². The van der Waals surface area contributed by atoms with E-state index in [2.05, 4.69) is 20.5 Å². The predicted octanol–water partition coefficient (Wildman–Crippen LogP) is 2.93. The summed E-state index contributed by atoms with van der Waals surface area (Å²) < 4.78 is 0. The van der Waals surface area contributed by atoms with Gasteiger partial charge in [0.1, 0.15) is 6.04 Å². The van der Waals surface area contributed by atoms with Crippen LogP contribution in [0.15, 0.2) is 11.6 Å². The number of likely N-dealkylation sites (tertiary alicyclic amines) is 1. The van der Waals surface area contributed by atoms with Gasteiger partial charge in [-0.15, -0.1) is 11.3 Å². The second kappa shape index (κ2) is 12.8. The number of amides is 2. The average Bonchev–Trinajstić information content (AvgIpc) is 3.37. The first-order valence-electron chi connectivity index (χ1n) is 12.8. The number of nitrogens with zero attached hydrogens (tertiary/aromatic N) is 4. The van der Waals surface area contributed by atoms with E-state index in [-0.39, 0.29) is 18.4 Å². The molecule has 3 aliphatic rings. The second-order valence-corrected chi connectivity index (χ2v) is 11.0. The predicted molar refractivity (Wildman–Crippen MR) is 140 cm³/mol. The SMILES string of the molecule is O=C(Nc1nccs1)[C@H](CC1CCCCC1)N1CCN(C(=S)NCCN2CCCCC2)CC1=O. The molecule has 1 aromatic heterocycles. The van der Waals surface area contributed by atoms with E-state index >= 15 is 0 Å². The van der Waals surface area contributed by atoms with Crippen molar-refractivity contribution < 1.29 is 9.59 Å². The quantitative estimate of drug-likeness (QED) is 0.525. The van der Waals surface area contributed by atoms with E-state index in [1.807, 2.05) is 10.3 Å². The van der Waals surface area contributed by atoms with Crippen LogP contribution in [0.1, 0.15) is 57.8 Å². The number of hydrogen-bond donors (Lipinski definition) is 2. The molecule has 4 rings (SSSR count). The molecule has 0 unspecified atom stereocenters. The summed E-state index contributed by atoms with van der Waals surface area (Å²) in [5.74, 6) is 0.343. The lowest BCUT2D eigenvalue weighted by molar-refractivity contribution is -0.142. The van der Waals surface area contributed by atoms with Crippen molar-refractivity contribution in [2.45, 2.75) is 63.8 Å². The third-order valence-corrected chi connectivity index (χ3v) is 8.41. The molecule has 188 valence electrons. The summed E-state index contributed by atoms with van der Waals surface area (Å²) in [6, 6.07) is -0.456. The van der Waals surface area contributed by atoms with Crippen molar-refractivity contribution in [1.82, 2.24) is 25.0 Å². The van der Waals surface area contributed by atoms with Gasteiger partial charge in [0.2, 0.25) is 11.8 Å². The van der Waals surface area contributed by atoms with E-state index in [4.69, 9.17) is 12.2 Å². The first-order chi connectivity index (χ1) is 16.6. The van der Waals surface area contributed by atoms with Crippen LogP contribution in [0.4, 0.5) is 5.13 Å². The molecule has 1 aliphatic carbocycles. The lowest BCUT2D eigenvalue weighted by Crippen LogP contribution is -2.59. The van der Waals surface area contributed by atoms with Gasteiger partial charge in [-0.05, 0) is 50.5 Å². The third-order valence-electron chi connectivity index (χ3n) is 7.32. The summed E-state index contributed by atoms with van der Waals surface area (Å²) in [6.07, 6.45) is 12.3. The summed E-state index contributed by atoms with van der Waals surface area (Å²) >= 11 is 7.00. The lowest BCUT2D eigenvalue weighted by Gasteiger charge is -2.40. The number of rotatable bonds is 8. The Bertz CT molecular complexity index is 808.